The summed E-state index contributed by atoms with van der Waals surface area (Å²) in [5, 5.41) is 12.0. The topological polar surface area (TPSA) is 89.6 Å². The highest BCUT2D eigenvalue weighted by atomic mass is 32.2. The molecule has 4 aromatic heterocycles. The van der Waals surface area contributed by atoms with Gasteiger partial charge in [-0.2, -0.15) is 0 Å². The van der Waals surface area contributed by atoms with Gasteiger partial charge in [-0.05, 0) is 23.1 Å². The summed E-state index contributed by atoms with van der Waals surface area (Å²) in [5.41, 5.74) is 2.99. The van der Waals surface area contributed by atoms with Crippen LogP contribution in [0.25, 0.3) is 32.9 Å². The van der Waals surface area contributed by atoms with Gasteiger partial charge in [-0.15, -0.1) is 21.5 Å². The molecule has 7 nitrogen and oxygen atoms in total. The van der Waals surface area contributed by atoms with E-state index in [9.17, 15) is 4.79 Å². The molecule has 0 atom stereocenters. The van der Waals surface area contributed by atoms with Crippen molar-refractivity contribution in [2.24, 2.45) is 7.05 Å². The second kappa shape index (κ2) is 8.31. The Kier molecular flexibility index (Phi) is 5.46. The molecule has 0 saturated heterocycles. The minimum Gasteiger partial charge on any atom is -0.464 e. The van der Waals surface area contributed by atoms with Gasteiger partial charge in [0.1, 0.15) is 16.4 Å². The average molecular weight is 478 g/mol. The van der Waals surface area contributed by atoms with Gasteiger partial charge in [-0.1, -0.05) is 56.8 Å². The summed E-state index contributed by atoms with van der Waals surface area (Å²) >= 11 is 2.92. The van der Waals surface area contributed by atoms with E-state index in [4.69, 9.17) is 4.42 Å². The maximum absolute atomic E-state index is 12.8. The summed E-state index contributed by atoms with van der Waals surface area (Å²) in [6.07, 6.45) is 1.60. The Morgan fingerprint density at radius 1 is 1.15 bits per heavy atom. The van der Waals surface area contributed by atoms with Crippen molar-refractivity contribution in [1.82, 2.24) is 24.7 Å². The van der Waals surface area contributed by atoms with E-state index in [0.29, 0.717) is 27.6 Å². The Bertz CT molecular complexity index is 1470. The maximum atomic E-state index is 12.8. The predicted molar refractivity (Wildman–Crippen MR) is 133 cm³/mol. The van der Waals surface area contributed by atoms with Crippen LogP contribution in [0.5, 0.6) is 0 Å². The van der Waals surface area contributed by atoms with Crippen molar-refractivity contribution in [2.75, 3.05) is 0 Å². The molecule has 0 radical (unpaired) electrons. The number of fused-ring (bicyclic) bond motifs is 1. The molecule has 33 heavy (non-hydrogen) atoms. The molecule has 0 bridgehead atoms. The quantitative estimate of drug-likeness (QED) is 0.330. The van der Waals surface area contributed by atoms with E-state index >= 15 is 0 Å². The van der Waals surface area contributed by atoms with Crippen molar-refractivity contribution in [3.05, 3.63) is 69.8 Å². The van der Waals surface area contributed by atoms with E-state index in [-0.39, 0.29) is 11.0 Å². The number of aromatic amines is 1. The largest absolute Gasteiger partial charge is 0.464 e. The van der Waals surface area contributed by atoms with Crippen LogP contribution in [0.15, 0.2) is 62.4 Å². The zero-order valence-corrected chi connectivity index (χ0v) is 20.4. The number of H-pyrrole nitrogens is 1. The van der Waals surface area contributed by atoms with Crippen molar-refractivity contribution in [1.29, 1.82) is 0 Å². The summed E-state index contributed by atoms with van der Waals surface area (Å²) < 4.78 is 7.42. The first kappa shape index (κ1) is 21.7. The smallest absolute Gasteiger partial charge is 0.260 e. The number of hydrogen-bond donors (Lipinski definition) is 1. The maximum Gasteiger partial charge on any atom is 0.260 e. The summed E-state index contributed by atoms with van der Waals surface area (Å²) in [5.74, 6) is 2.55. The molecule has 4 heterocycles. The standard InChI is InChI=1S/C24H23N5O2S2/c1-24(2,3)15-9-7-14(8-10-15)20-27-28-23(29(20)4)33-13-18-25-21(30)19-16(12-32-22(19)26-18)17-6-5-11-31-17/h5-12H,13H2,1-4H3,(H,25,26,30). The number of furan rings is 1. The molecule has 9 heteroatoms. The lowest BCUT2D eigenvalue weighted by atomic mass is 9.87. The van der Waals surface area contributed by atoms with Gasteiger partial charge in [0.25, 0.3) is 5.56 Å². The van der Waals surface area contributed by atoms with Gasteiger partial charge < -0.3 is 14.0 Å². The van der Waals surface area contributed by atoms with Gasteiger partial charge in [-0.25, -0.2) is 4.98 Å². The molecule has 0 aliphatic carbocycles. The molecule has 0 unspecified atom stereocenters. The number of nitrogens with one attached hydrogen (secondary N) is 1. The summed E-state index contributed by atoms with van der Waals surface area (Å²) in [6, 6.07) is 12.1. The van der Waals surface area contributed by atoms with Crippen molar-refractivity contribution < 1.29 is 4.42 Å². The zero-order chi connectivity index (χ0) is 23.2. The fourth-order valence-corrected chi connectivity index (χ4v) is 5.35. The fraction of sp³-hybridized carbons (Fsp3) is 0.250. The first-order chi connectivity index (χ1) is 15.8. The van der Waals surface area contributed by atoms with Crippen LogP contribution < -0.4 is 5.56 Å². The van der Waals surface area contributed by atoms with Gasteiger partial charge in [0.2, 0.25) is 0 Å². The van der Waals surface area contributed by atoms with Crippen LogP contribution in [0.1, 0.15) is 32.2 Å². The number of nitrogens with zero attached hydrogens (tertiary/aromatic N) is 4. The van der Waals surface area contributed by atoms with Gasteiger partial charge in [0, 0.05) is 23.6 Å². The molecular weight excluding hydrogens is 454 g/mol. The van der Waals surface area contributed by atoms with E-state index in [1.54, 1.807) is 12.3 Å². The summed E-state index contributed by atoms with van der Waals surface area (Å²) in [7, 11) is 1.95. The Labute approximate surface area is 198 Å². The number of thioether (sulfide) groups is 1. The Balaban J connectivity index is 1.36. The van der Waals surface area contributed by atoms with Gasteiger partial charge in [-0.3, -0.25) is 4.79 Å². The van der Waals surface area contributed by atoms with Crippen LogP contribution in [-0.2, 0) is 18.2 Å². The van der Waals surface area contributed by atoms with Crippen molar-refractivity contribution >= 4 is 33.3 Å². The summed E-state index contributed by atoms with van der Waals surface area (Å²) in [6.45, 7) is 6.59. The highest BCUT2D eigenvalue weighted by Crippen LogP contribution is 2.32. The molecule has 1 aromatic carbocycles. The SMILES string of the molecule is Cn1c(SCc2nc3scc(-c4ccco4)c3c(=O)[nH]2)nnc1-c1ccc(C(C)(C)C)cc1. The number of aromatic nitrogens is 5. The first-order valence-corrected chi connectivity index (χ1v) is 12.3. The van der Waals surface area contributed by atoms with E-state index in [0.717, 1.165) is 22.1 Å². The number of hydrogen-bond acceptors (Lipinski definition) is 7. The van der Waals surface area contributed by atoms with Crippen molar-refractivity contribution in [2.45, 2.75) is 37.1 Å². The second-order valence-electron chi connectivity index (χ2n) is 8.80. The van der Waals surface area contributed by atoms with Crippen LogP contribution >= 0.6 is 23.1 Å². The highest BCUT2D eigenvalue weighted by Gasteiger charge is 2.17. The van der Waals surface area contributed by atoms with Crippen molar-refractivity contribution in [3.8, 4) is 22.7 Å². The van der Waals surface area contributed by atoms with E-state index < -0.39 is 0 Å². The lowest BCUT2D eigenvalue weighted by molar-refractivity contribution is 0.583. The molecule has 0 fully saturated rings. The number of thiophene rings is 1. The molecule has 1 N–H and O–H groups in total. The van der Waals surface area contributed by atoms with Gasteiger partial charge >= 0.3 is 0 Å². The van der Waals surface area contributed by atoms with E-state index in [2.05, 4.69) is 65.2 Å². The third kappa shape index (κ3) is 4.14. The second-order valence-corrected chi connectivity index (χ2v) is 10.6. The molecule has 168 valence electrons. The molecule has 0 saturated carbocycles. The summed E-state index contributed by atoms with van der Waals surface area (Å²) in [4.78, 5) is 21.0. The Hall–Kier alpha value is -3.17. The fourth-order valence-electron chi connectivity index (χ4n) is 3.62. The highest BCUT2D eigenvalue weighted by molar-refractivity contribution is 7.98. The Morgan fingerprint density at radius 3 is 2.64 bits per heavy atom. The minimum absolute atomic E-state index is 0.103. The molecule has 0 spiro atoms. The lowest BCUT2D eigenvalue weighted by Gasteiger charge is -2.19. The number of rotatable bonds is 5. The lowest BCUT2D eigenvalue weighted by Crippen LogP contribution is -2.11. The van der Waals surface area contributed by atoms with Crippen LogP contribution in [0.2, 0.25) is 0 Å². The molecule has 5 aromatic rings. The van der Waals surface area contributed by atoms with Gasteiger partial charge in [0.15, 0.2) is 11.0 Å². The normalized spacial score (nSPS) is 12.0. The van der Waals surface area contributed by atoms with E-state index in [1.807, 2.05) is 23.1 Å². The molecule has 0 aliphatic rings. The molecule has 0 aliphatic heterocycles. The third-order valence-corrected chi connectivity index (χ3v) is 7.37. The van der Waals surface area contributed by atoms with Crippen molar-refractivity contribution in [3.63, 3.8) is 0 Å². The molecular formula is C24H23N5O2S2. The van der Waals surface area contributed by atoms with E-state index in [1.165, 1.54) is 28.7 Å². The van der Waals surface area contributed by atoms with Crippen LogP contribution in [-0.4, -0.2) is 24.7 Å². The van der Waals surface area contributed by atoms with Crippen LogP contribution in [0, 0.1) is 0 Å². The minimum atomic E-state index is -0.166. The number of benzene rings is 1. The monoisotopic (exact) mass is 477 g/mol. The molecule has 0 amide bonds. The third-order valence-electron chi connectivity index (χ3n) is 5.46. The predicted octanol–water partition coefficient (Wildman–Crippen LogP) is 5.63. The van der Waals surface area contributed by atoms with Gasteiger partial charge in [0.05, 0.1) is 17.4 Å². The van der Waals surface area contributed by atoms with Crippen LogP contribution in [0.3, 0.4) is 0 Å². The Morgan fingerprint density at radius 2 is 1.94 bits per heavy atom. The average Bonchev–Trinajstić information content (AvgIpc) is 3.52. The molecule has 5 rings (SSSR count). The zero-order valence-electron chi connectivity index (χ0n) is 18.7. The van der Waals surface area contributed by atoms with Crippen LogP contribution in [0.4, 0.5) is 0 Å². The first-order valence-electron chi connectivity index (χ1n) is 10.5.